The quantitative estimate of drug-likeness (QED) is 0.376. The van der Waals surface area contributed by atoms with Crippen LogP contribution >= 0.6 is 11.8 Å². The zero-order chi connectivity index (χ0) is 18.8. The van der Waals surface area contributed by atoms with Crippen molar-refractivity contribution < 1.29 is 18.0 Å². The van der Waals surface area contributed by atoms with Gasteiger partial charge in [-0.3, -0.25) is 20.4 Å². The molecule has 26 heavy (non-hydrogen) atoms. The number of thioether (sulfide) groups is 1. The fraction of sp³-hybridized carbons (Fsp3) is 0.0588. The summed E-state index contributed by atoms with van der Waals surface area (Å²) in [6, 6.07) is 17.1. The molecule has 2 rings (SSSR count). The van der Waals surface area contributed by atoms with Crippen LogP contribution < -0.4 is 15.6 Å². The van der Waals surface area contributed by atoms with E-state index >= 15 is 0 Å². The molecule has 0 atom stereocenters. The van der Waals surface area contributed by atoms with Crippen molar-refractivity contribution in [3.8, 4) is 0 Å². The first-order chi connectivity index (χ1) is 12.5. The number of amides is 2. The van der Waals surface area contributed by atoms with E-state index in [9.17, 15) is 18.0 Å². The van der Waals surface area contributed by atoms with Crippen molar-refractivity contribution >= 4 is 33.6 Å². The largest absolute Gasteiger partial charge is 0.272 e. The van der Waals surface area contributed by atoms with Gasteiger partial charge in [0.15, 0.2) is 0 Å². The summed E-state index contributed by atoms with van der Waals surface area (Å²) in [5.41, 5.74) is 4.30. The van der Waals surface area contributed by atoms with Crippen LogP contribution in [0.5, 0.6) is 0 Å². The fourth-order valence-corrected chi connectivity index (χ4v) is 3.40. The molecule has 2 aromatic carbocycles. The highest BCUT2D eigenvalue weighted by molar-refractivity contribution is 8.02. The SMILES string of the molecule is O=C(/C=C/Sc1ccccc1)NNC(=O)CNS(=O)(=O)c1ccccc1. The summed E-state index contributed by atoms with van der Waals surface area (Å²) in [6.07, 6.45) is 1.26. The molecule has 0 heterocycles. The lowest BCUT2D eigenvalue weighted by molar-refractivity contribution is -0.125. The van der Waals surface area contributed by atoms with Gasteiger partial charge in [0.2, 0.25) is 10.0 Å². The summed E-state index contributed by atoms with van der Waals surface area (Å²) in [4.78, 5) is 24.3. The molecule has 0 saturated carbocycles. The lowest BCUT2D eigenvalue weighted by atomic mass is 10.4. The van der Waals surface area contributed by atoms with Crippen molar-refractivity contribution in [1.29, 1.82) is 0 Å². The second kappa shape index (κ2) is 9.76. The van der Waals surface area contributed by atoms with E-state index in [0.29, 0.717) is 0 Å². The van der Waals surface area contributed by atoms with Crippen LogP contribution in [0.4, 0.5) is 0 Å². The summed E-state index contributed by atoms with van der Waals surface area (Å²) in [7, 11) is -3.78. The van der Waals surface area contributed by atoms with Crippen LogP contribution in [0.15, 0.2) is 81.9 Å². The van der Waals surface area contributed by atoms with Crippen LogP contribution in [0, 0.1) is 0 Å². The number of benzene rings is 2. The maximum Gasteiger partial charge on any atom is 0.262 e. The van der Waals surface area contributed by atoms with Gasteiger partial charge in [-0.2, -0.15) is 0 Å². The number of carbonyl (C=O) groups is 2. The minimum absolute atomic E-state index is 0.0534. The molecule has 0 bridgehead atoms. The number of rotatable bonds is 7. The highest BCUT2D eigenvalue weighted by Gasteiger charge is 2.14. The number of nitrogens with one attached hydrogen (secondary N) is 3. The average molecular weight is 391 g/mol. The van der Waals surface area contributed by atoms with E-state index in [4.69, 9.17) is 0 Å². The van der Waals surface area contributed by atoms with E-state index in [-0.39, 0.29) is 4.90 Å². The number of hydrazine groups is 1. The predicted molar refractivity (Wildman–Crippen MR) is 99.4 cm³/mol. The second-order valence-corrected chi connectivity index (χ2v) is 7.65. The van der Waals surface area contributed by atoms with Gasteiger partial charge in [0.25, 0.3) is 11.8 Å². The summed E-state index contributed by atoms with van der Waals surface area (Å²) in [5, 5.41) is 1.58. The van der Waals surface area contributed by atoms with Gasteiger partial charge >= 0.3 is 0 Å². The molecule has 136 valence electrons. The van der Waals surface area contributed by atoms with Gasteiger partial charge < -0.3 is 0 Å². The Kier molecular flexibility index (Phi) is 7.39. The molecule has 9 heteroatoms. The van der Waals surface area contributed by atoms with Crippen molar-refractivity contribution in [3.63, 3.8) is 0 Å². The van der Waals surface area contributed by atoms with E-state index in [2.05, 4.69) is 15.6 Å². The van der Waals surface area contributed by atoms with E-state index in [1.165, 1.54) is 30.0 Å². The van der Waals surface area contributed by atoms with Gasteiger partial charge in [-0.05, 0) is 29.7 Å². The van der Waals surface area contributed by atoms with E-state index in [0.717, 1.165) is 4.90 Å². The fourth-order valence-electron chi connectivity index (χ4n) is 1.73. The van der Waals surface area contributed by atoms with Crippen LogP contribution in [0.3, 0.4) is 0 Å². The molecule has 7 nitrogen and oxygen atoms in total. The molecule has 3 N–H and O–H groups in total. The molecule has 2 aromatic rings. The highest BCUT2D eigenvalue weighted by atomic mass is 32.2. The predicted octanol–water partition coefficient (Wildman–Crippen LogP) is 1.42. The zero-order valence-electron chi connectivity index (χ0n) is 13.6. The Morgan fingerprint density at radius 2 is 1.54 bits per heavy atom. The van der Waals surface area contributed by atoms with Gasteiger partial charge in [-0.25, -0.2) is 13.1 Å². The second-order valence-electron chi connectivity index (χ2n) is 4.91. The van der Waals surface area contributed by atoms with Crippen molar-refractivity contribution in [1.82, 2.24) is 15.6 Å². The van der Waals surface area contributed by atoms with Crippen molar-refractivity contribution in [3.05, 3.63) is 72.1 Å². The van der Waals surface area contributed by atoms with Gasteiger partial charge in [-0.15, -0.1) is 0 Å². The smallest absolute Gasteiger partial charge is 0.262 e. The first-order valence-corrected chi connectivity index (χ1v) is 9.85. The Morgan fingerprint density at radius 3 is 2.19 bits per heavy atom. The molecule has 0 aromatic heterocycles. The van der Waals surface area contributed by atoms with Crippen molar-refractivity contribution in [2.45, 2.75) is 9.79 Å². The van der Waals surface area contributed by atoms with Crippen LogP contribution in [-0.4, -0.2) is 26.8 Å². The summed E-state index contributed by atoms with van der Waals surface area (Å²) in [6.45, 7) is -0.500. The molecular weight excluding hydrogens is 374 g/mol. The minimum atomic E-state index is -3.78. The average Bonchev–Trinajstić information content (AvgIpc) is 2.66. The van der Waals surface area contributed by atoms with Crippen LogP contribution in [0.2, 0.25) is 0 Å². The summed E-state index contributed by atoms with van der Waals surface area (Å²) in [5.74, 6) is -1.23. The Bertz CT molecular complexity index is 869. The molecule has 0 aliphatic rings. The molecule has 2 amide bonds. The Hall–Kier alpha value is -2.62. The normalized spacial score (nSPS) is 11.2. The van der Waals surface area contributed by atoms with Crippen LogP contribution in [-0.2, 0) is 19.6 Å². The molecule has 0 unspecified atom stereocenters. The molecule has 0 saturated heterocycles. The van der Waals surface area contributed by atoms with Gasteiger partial charge in [0, 0.05) is 11.0 Å². The van der Waals surface area contributed by atoms with Crippen LogP contribution in [0.25, 0.3) is 0 Å². The number of hydrogen-bond donors (Lipinski definition) is 3. The maximum absolute atomic E-state index is 12.0. The zero-order valence-corrected chi connectivity index (χ0v) is 15.2. The third kappa shape index (κ3) is 6.71. The van der Waals surface area contributed by atoms with Gasteiger partial charge in [0.05, 0.1) is 11.4 Å². The van der Waals surface area contributed by atoms with Crippen LogP contribution in [0.1, 0.15) is 0 Å². The third-order valence-electron chi connectivity index (χ3n) is 2.97. The first-order valence-electron chi connectivity index (χ1n) is 7.49. The van der Waals surface area contributed by atoms with Gasteiger partial charge in [0.1, 0.15) is 0 Å². The molecule has 0 radical (unpaired) electrons. The molecule has 0 fully saturated rings. The number of carbonyl (C=O) groups excluding carboxylic acids is 2. The lowest BCUT2D eigenvalue weighted by Gasteiger charge is -2.07. The van der Waals surface area contributed by atoms with Crippen molar-refractivity contribution in [2.75, 3.05) is 6.54 Å². The number of hydrogen-bond acceptors (Lipinski definition) is 5. The molecule has 0 spiro atoms. The Morgan fingerprint density at radius 1 is 0.923 bits per heavy atom. The Balaban J connectivity index is 1.72. The third-order valence-corrected chi connectivity index (χ3v) is 5.20. The van der Waals surface area contributed by atoms with Gasteiger partial charge in [-0.1, -0.05) is 48.2 Å². The highest BCUT2D eigenvalue weighted by Crippen LogP contribution is 2.17. The monoisotopic (exact) mass is 391 g/mol. The van der Waals surface area contributed by atoms with Crippen molar-refractivity contribution in [2.24, 2.45) is 0 Å². The van der Waals surface area contributed by atoms with E-state index in [1.54, 1.807) is 23.6 Å². The molecule has 0 aliphatic heterocycles. The number of sulfonamides is 1. The van der Waals surface area contributed by atoms with E-state index in [1.807, 2.05) is 30.3 Å². The maximum atomic E-state index is 12.0. The lowest BCUT2D eigenvalue weighted by Crippen LogP contribution is -2.45. The Labute approximate surface area is 155 Å². The standard InChI is InChI=1S/C17H17N3O4S2/c21-16(11-12-25-14-7-3-1-4-8-14)19-20-17(22)13-18-26(23,24)15-9-5-2-6-10-15/h1-12,18H,13H2,(H,19,21)(H,20,22)/b12-11+. The first kappa shape index (κ1) is 19.7. The topological polar surface area (TPSA) is 104 Å². The minimum Gasteiger partial charge on any atom is -0.272 e. The van der Waals surface area contributed by atoms with E-state index < -0.39 is 28.4 Å². The molecular formula is C17H17N3O4S2. The molecule has 0 aliphatic carbocycles. The summed E-state index contributed by atoms with van der Waals surface area (Å²) < 4.78 is 26.1. The summed E-state index contributed by atoms with van der Waals surface area (Å²) >= 11 is 1.35.